The number of fused-ring (bicyclic) bond motifs is 2. The third-order valence-corrected chi connectivity index (χ3v) is 6.39. The van der Waals surface area contributed by atoms with Crippen molar-refractivity contribution >= 4 is 25.9 Å². The topological polar surface area (TPSA) is 29.1 Å². The summed E-state index contributed by atoms with van der Waals surface area (Å²) in [5.41, 5.74) is 6.59. The molecular formula is C18H17NOSe. The number of carbonyl (C=O) groups is 1. The van der Waals surface area contributed by atoms with Gasteiger partial charge in [-0.25, -0.2) is 0 Å². The quantitative estimate of drug-likeness (QED) is 0.746. The van der Waals surface area contributed by atoms with E-state index in [1.807, 2.05) is 6.07 Å². The van der Waals surface area contributed by atoms with E-state index in [0.29, 0.717) is 12.2 Å². The summed E-state index contributed by atoms with van der Waals surface area (Å²) in [4.78, 5) is 14.8. The van der Waals surface area contributed by atoms with Crippen molar-refractivity contribution in [2.75, 3.05) is 13.1 Å². The van der Waals surface area contributed by atoms with E-state index in [1.54, 1.807) is 0 Å². The molecule has 0 amide bonds. The summed E-state index contributed by atoms with van der Waals surface area (Å²) in [6, 6.07) is 10.7. The van der Waals surface area contributed by atoms with Gasteiger partial charge < -0.3 is 0 Å². The Morgan fingerprint density at radius 3 is 2.67 bits per heavy atom. The Hall–Kier alpha value is -1.41. The van der Waals surface area contributed by atoms with Crippen LogP contribution in [-0.2, 0) is 6.42 Å². The second-order valence-electron chi connectivity index (χ2n) is 5.65. The van der Waals surface area contributed by atoms with E-state index >= 15 is 0 Å². The Morgan fingerprint density at radius 2 is 1.81 bits per heavy atom. The second kappa shape index (κ2) is 5.42. The minimum atomic E-state index is 0.215. The molecule has 2 nitrogen and oxygen atoms in total. The number of hydrogen-bond acceptors (Lipinski definition) is 2. The average molecular weight is 342 g/mol. The molecule has 2 aromatic rings. The molecule has 0 saturated carbocycles. The molecule has 0 unspecified atom stereocenters. The minimum absolute atomic E-state index is 0.215. The second-order valence-corrected chi connectivity index (χ2v) is 7.57. The summed E-state index contributed by atoms with van der Waals surface area (Å²) in [5.74, 6) is 0.326. The number of Topliss-reactive ketones (excluding diaryl/α,β-unsaturated/α-hetero) is 1. The molecule has 106 valence electrons. The number of hydrogen-bond donors (Lipinski definition) is 1. The van der Waals surface area contributed by atoms with Crippen LogP contribution in [-0.4, -0.2) is 33.4 Å². The third-order valence-electron chi connectivity index (χ3n) is 4.39. The van der Waals surface area contributed by atoms with E-state index in [-0.39, 0.29) is 14.5 Å². The van der Waals surface area contributed by atoms with Gasteiger partial charge in [0.15, 0.2) is 0 Å². The van der Waals surface area contributed by atoms with E-state index in [2.05, 4.69) is 34.5 Å². The maximum absolute atomic E-state index is 12.6. The van der Waals surface area contributed by atoms with Crippen LogP contribution in [0.3, 0.4) is 0 Å². The van der Waals surface area contributed by atoms with Crippen LogP contribution in [0.25, 0.3) is 5.57 Å². The molecule has 1 N–H and O–H groups in total. The van der Waals surface area contributed by atoms with Gasteiger partial charge in [-0.1, -0.05) is 0 Å². The monoisotopic (exact) mass is 343 g/mol. The summed E-state index contributed by atoms with van der Waals surface area (Å²) >= 11 is 0.215. The van der Waals surface area contributed by atoms with Crippen molar-refractivity contribution < 1.29 is 4.79 Å². The van der Waals surface area contributed by atoms with Gasteiger partial charge in [0.2, 0.25) is 0 Å². The molecule has 0 spiro atoms. The van der Waals surface area contributed by atoms with Gasteiger partial charge in [0.1, 0.15) is 0 Å². The fourth-order valence-corrected chi connectivity index (χ4v) is 5.16. The first-order valence-corrected chi connectivity index (χ1v) is 9.31. The predicted octanol–water partition coefficient (Wildman–Crippen LogP) is 2.67. The van der Waals surface area contributed by atoms with Crippen molar-refractivity contribution in [3.8, 4) is 0 Å². The van der Waals surface area contributed by atoms with Crippen molar-refractivity contribution in [3.63, 3.8) is 0 Å². The number of nitrogens with one attached hydrogen (secondary N) is 1. The first kappa shape index (κ1) is 13.3. The van der Waals surface area contributed by atoms with Gasteiger partial charge >= 0.3 is 130 Å². The van der Waals surface area contributed by atoms with Crippen molar-refractivity contribution in [2.24, 2.45) is 0 Å². The molecule has 1 aliphatic carbocycles. The Morgan fingerprint density at radius 1 is 1.00 bits per heavy atom. The summed E-state index contributed by atoms with van der Waals surface area (Å²) in [7, 11) is 0. The fraction of sp³-hybridized carbons (Fsp3) is 0.278. The first-order valence-electron chi connectivity index (χ1n) is 7.46. The average Bonchev–Trinajstić information content (AvgIpc) is 2.96. The molecule has 2 heterocycles. The Balaban J connectivity index is 2.01. The van der Waals surface area contributed by atoms with E-state index < -0.39 is 0 Å². The molecule has 3 heteroatoms. The van der Waals surface area contributed by atoms with E-state index in [4.69, 9.17) is 0 Å². The zero-order valence-corrected chi connectivity index (χ0v) is 13.5. The fourth-order valence-electron chi connectivity index (χ4n) is 3.40. The van der Waals surface area contributed by atoms with Gasteiger partial charge in [0.25, 0.3) is 0 Å². The first-order chi connectivity index (χ1) is 10.3. The molecule has 0 radical (unpaired) electrons. The van der Waals surface area contributed by atoms with Gasteiger partial charge in [-0.05, 0) is 0 Å². The number of rotatable bonds is 0. The number of carbonyl (C=O) groups excluding carboxylic acids is 1. The predicted molar refractivity (Wildman–Crippen MR) is 86.0 cm³/mol. The van der Waals surface area contributed by atoms with Crippen LogP contribution in [0.15, 0.2) is 40.8 Å². The maximum atomic E-state index is 12.6. The van der Waals surface area contributed by atoms with Crippen LogP contribution in [0.5, 0.6) is 0 Å². The third kappa shape index (κ3) is 2.26. The molecule has 1 aromatic heterocycles. The molecule has 1 aromatic carbocycles. The van der Waals surface area contributed by atoms with E-state index in [0.717, 1.165) is 30.4 Å². The van der Waals surface area contributed by atoms with E-state index in [9.17, 15) is 4.79 Å². The molecule has 0 atom stereocenters. The molecule has 0 bridgehead atoms. The Bertz CT molecular complexity index is 733. The Kier molecular flexibility index (Phi) is 3.42. The Labute approximate surface area is 130 Å². The molecule has 2 aliphatic rings. The summed E-state index contributed by atoms with van der Waals surface area (Å²) in [6.45, 7) is 2.10. The zero-order chi connectivity index (χ0) is 14.2. The molecule has 1 fully saturated rings. The van der Waals surface area contributed by atoms with Crippen molar-refractivity contribution in [3.05, 3.63) is 62.0 Å². The van der Waals surface area contributed by atoms with Crippen LogP contribution < -0.4 is 5.32 Å². The van der Waals surface area contributed by atoms with Crippen LogP contribution in [0.2, 0.25) is 0 Å². The molecular weight excluding hydrogens is 325 g/mol. The van der Waals surface area contributed by atoms with Crippen molar-refractivity contribution in [2.45, 2.75) is 19.3 Å². The van der Waals surface area contributed by atoms with Crippen LogP contribution in [0, 0.1) is 0 Å². The van der Waals surface area contributed by atoms with Gasteiger partial charge in [-0.3, -0.25) is 0 Å². The number of piperidine rings is 1. The van der Waals surface area contributed by atoms with Crippen molar-refractivity contribution in [1.82, 2.24) is 5.32 Å². The zero-order valence-electron chi connectivity index (χ0n) is 11.8. The normalized spacial score (nSPS) is 18.2. The molecule has 1 aliphatic heterocycles. The molecule has 1 saturated heterocycles. The summed E-state index contributed by atoms with van der Waals surface area (Å²) in [5, 5.41) is 3.43. The summed E-state index contributed by atoms with van der Waals surface area (Å²) < 4.78 is 1.08. The van der Waals surface area contributed by atoms with Gasteiger partial charge in [0, 0.05) is 0 Å². The van der Waals surface area contributed by atoms with Crippen LogP contribution >= 0.6 is 0 Å². The van der Waals surface area contributed by atoms with Gasteiger partial charge in [0.05, 0.1) is 0 Å². The van der Waals surface area contributed by atoms with Gasteiger partial charge in [-0.15, -0.1) is 0 Å². The number of benzene rings is 1. The molecule has 21 heavy (non-hydrogen) atoms. The number of ketones is 1. The van der Waals surface area contributed by atoms with Crippen LogP contribution in [0.4, 0.5) is 0 Å². The SMILES string of the molecule is O=C1Cc2ccccc2C(=C2CCNCC2)c2cc[se]c21. The standard InChI is InChI=1S/C18H17NOSe/c20-16-11-13-3-1-2-4-14(13)17(12-5-8-19-9-6-12)15-7-10-21-18(15)16/h1-4,7,10,19H,5-6,8-9,11H2. The van der Waals surface area contributed by atoms with E-state index in [1.165, 1.54) is 27.8 Å². The van der Waals surface area contributed by atoms with Crippen LogP contribution in [0.1, 0.15) is 38.8 Å². The molecule has 4 rings (SSSR count). The summed E-state index contributed by atoms with van der Waals surface area (Å²) in [6.07, 6.45) is 2.75. The van der Waals surface area contributed by atoms with Crippen molar-refractivity contribution in [1.29, 1.82) is 0 Å². The van der Waals surface area contributed by atoms with Gasteiger partial charge in [-0.2, -0.15) is 0 Å².